The second-order valence-corrected chi connectivity index (χ2v) is 6.95. The number of rotatable bonds is 4. The summed E-state index contributed by atoms with van der Waals surface area (Å²) in [4.78, 5) is 18.9. The zero-order chi connectivity index (χ0) is 18.0. The number of fused-ring (bicyclic) bond motifs is 1. The molecule has 5 nitrogen and oxygen atoms in total. The van der Waals surface area contributed by atoms with Crippen molar-refractivity contribution in [2.75, 3.05) is 39.3 Å². The zero-order valence-electron chi connectivity index (χ0n) is 14.2. The fourth-order valence-corrected chi connectivity index (χ4v) is 3.91. The van der Waals surface area contributed by atoms with Crippen LogP contribution in [0.4, 0.5) is 13.2 Å². The first-order valence-corrected chi connectivity index (χ1v) is 8.86. The van der Waals surface area contributed by atoms with E-state index in [-0.39, 0.29) is 23.1 Å². The summed E-state index contributed by atoms with van der Waals surface area (Å²) in [7, 11) is 0. The molecule has 0 atom stereocenters. The average Bonchev–Trinajstić information content (AvgIpc) is 2.91. The van der Waals surface area contributed by atoms with Crippen LogP contribution in [-0.4, -0.2) is 55.1 Å². The molecule has 3 rings (SSSR count). The van der Waals surface area contributed by atoms with Crippen molar-refractivity contribution in [2.45, 2.75) is 13.1 Å². The number of carbonyl (C=O) groups is 1. The summed E-state index contributed by atoms with van der Waals surface area (Å²) in [6, 6.07) is 2.34. The van der Waals surface area contributed by atoms with Gasteiger partial charge in [-0.25, -0.2) is 4.98 Å². The van der Waals surface area contributed by atoms with Crippen molar-refractivity contribution < 1.29 is 18.0 Å². The molecule has 0 radical (unpaired) electrons. The van der Waals surface area contributed by atoms with Crippen LogP contribution < -0.4 is 10.6 Å². The Morgan fingerprint density at radius 1 is 1.35 bits per heavy atom. The number of aromatic nitrogens is 1. The normalized spacial score (nSPS) is 15.7. The number of hydrogen-bond acceptors (Lipinski definition) is 5. The number of aryl methyl sites for hydroxylation is 1. The minimum atomic E-state index is -4.49. The van der Waals surface area contributed by atoms with Gasteiger partial charge in [0.15, 0.2) is 0 Å². The van der Waals surface area contributed by atoms with Gasteiger partial charge in [-0.15, -0.1) is 23.7 Å². The number of nitrogens with one attached hydrogen (secondary N) is 2. The van der Waals surface area contributed by atoms with Gasteiger partial charge >= 0.3 is 6.18 Å². The van der Waals surface area contributed by atoms with Gasteiger partial charge in [0.1, 0.15) is 10.5 Å². The number of alkyl halides is 3. The molecule has 144 valence electrons. The Morgan fingerprint density at radius 3 is 2.69 bits per heavy atom. The van der Waals surface area contributed by atoms with Gasteiger partial charge in [0, 0.05) is 44.7 Å². The summed E-state index contributed by atoms with van der Waals surface area (Å²) in [6.07, 6.45) is -4.49. The van der Waals surface area contributed by atoms with Crippen LogP contribution in [-0.2, 0) is 6.18 Å². The number of piperazine rings is 1. The topological polar surface area (TPSA) is 57.3 Å². The number of carbonyl (C=O) groups excluding carboxylic acids is 1. The van der Waals surface area contributed by atoms with Crippen LogP contribution in [0.5, 0.6) is 0 Å². The van der Waals surface area contributed by atoms with E-state index in [2.05, 4.69) is 20.5 Å². The number of amides is 1. The highest BCUT2D eigenvalue weighted by atomic mass is 35.5. The summed E-state index contributed by atoms with van der Waals surface area (Å²) in [6.45, 7) is 6.78. The Labute approximate surface area is 159 Å². The molecule has 0 spiro atoms. The maximum absolute atomic E-state index is 12.8. The smallest absolute Gasteiger partial charge is 0.350 e. The molecule has 0 bridgehead atoms. The predicted octanol–water partition coefficient (Wildman–Crippen LogP) is 2.68. The lowest BCUT2D eigenvalue weighted by atomic mass is 10.2. The Hall–Kier alpha value is -1.42. The van der Waals surface area contributed by atoms with Crippen molar-refractivity contribution in [1.29, 1.82) is 0 Å². The highest BCUT2D eigenvalue weighted by Gasteiger charge is 2.33. The number of thiophene rings is 1. The SMILES string of the molecule is Cc1c(C(=O)NCCN2CCNCC2)sc2nc(C(F)(F)F)ccc12.Cl. The first-order valence-electron chi connectivity index (χ1n) is 8.05. The fourth-order valence-electron chi connectivity index (χ4n) is 2.82. The molecule has 2 aromatic rings. The fraction of sp³-hybridized carbons (Fsp3) is 0.500. The molecule has 0 aromatic carbocycles. The lowest BCUT2D eigenvalue weighted by Crippen LogP contribution is -2.46. The number of halogens is 4. The molecule has 2 aromatic heterocycles. The molecule has 10 heteroatoms. The van der Waals surface area contributed by atoms with Crippen LogP contribution in [0.15, 0.2) is 12.1 Å². The highest BCUT2D eigenvalue weighted by Crippen LogP contribution is 2.34. The molecule has 1 fully saturated rings. The monoisotopic (exact) mass is 408 g/mol. The minimum Gasteiger partial charge on any atom is -0.350 e. The lowest BCUT2D eigenvalue weighted by Gasteiger charge is -2.27. The van der Waals surface area contributed by atoms with Crippen molar-refractivity contribution in [3.05, 3.63) is 28.3 Å². The standard InChI is InChI=1S/C16H19F3N4OS.ClH/c1-10-11-2-3-12(16(17,18)19)22-15(11)25-13(10)14(24)21-6-9-23-7-4-20-5-8-23;/h2-3,20H,4-9H2,1H3,(H,21,24);1H. The van der Waals surface area contributed by atoms with Crippen LogP contribution in [0, 0.1) is 6.92 Å². The predicted molar refractivity (Wildman–Crippen MR) is 98.2 cm³/mol. The second kappa shape index (κ2) is 8.51. The summed E-state index contributed by atoms with van der Waals surface area (Å²) in [5, 5.41) is 6.70. The van der Waals surface area contributed by atoms with E-state index in [0.29, 0.717) is 22.4 Å². The van der Waals surface area contributed by atoms with E-state index in [0.717, 1.165) is 50.1 Å². The van der Waals surface area contributed by atoms with Crippen molar-refractivity contribution in [3.8, 4) is 0 Å². The van der Waals surface area contributed by atoms with Gasteiger partial charge in [-0.3, -0.25) is 9.69 Å². The van der Waals surface area contributed by atoms with Gasteiger partial charge in [0.2, 0.25) is 0 Å². The zero-order valence-corrected chi connectivity index (χ0v) is 15.8. The maximum atomic E-state index is 12.8. The summed E-state index contributed by atoms with van der Waals surface area (Å²) < 4.78 is 38.3. The quantitative estimate of drug-likeness (QED) is 0.816. The van der Waals surface area contributed by atoms with Crippen LogP contribution >= 0.6 is 23.7 Å². The number of hydrogen-bond donors (Lipinski definition) is 2. The molecule has 2 N–H and O–H groups in total. The molecular weight excluding hydrogens is 389 g/mol. The van der Waals surface area contributed by atoms with Gasteiger partial charge in [0.05, 0.1) is 4.88 Å². The van der Waals surface area contributed by atoms with Crippen LogP contribution in [0.25, 0.3) is 10.2 Å². The highest BCUT2D eigenvalue weighted by molar-refractivity contribution is 7.20. The average molecular weight is 409 g/mol. The molecule has 26 heavy (non-hydrogen) atoms. The van der Waals surface area contributed by atoms with Crippen LogP contribution in [0.2, 0.25) is 0 Å². The van der Waals surface area contributed by atoms with E-state index in [1.54, 1.807) is 6.92 Å². The van der Waals surface area contributed by atoms with E-state index in [9.17, 15) is 18.0 Å². The largest absolute Gasteiger partial charge is 0.433 e. The van der Waals surface area contributed by atoms with Crippen molar-refractivity contribution in [3.63, 3.8) is 0 Å². The van der Waals surface area contributed by atoms with Gasteiger partial charge in [-0.2, -0.15) is 13.2 Å². The molecule has 1 amide bonds. The van der Waals surface area contributed by atoms with E-state index >= 15 is 0 Å². The van der Waals surface area contributed by atoms with Crippen LogP contribution in [0.1, 0.15) is 20.9 Å². The third kappa shape index (κ3) is 4.64. The van der Waals surface area contributed by atoms with Crippen LogP contribution in [0.3, 0.4) is 0 Å². The summed E-state index contributed by atoms with van der Waals surface area (Å²) in [5.74, 6) is -0.260. The third-order valence-electron chi connectivity index (χ3n) is 4.22. The molecule has 1 saturated heterocycles. The second-order valence-electron chi connectivity index (χ2n) is 5.95. The molecule has 1 aliphatic heterocycles. The van der Waals surface area contributed by atoms with Gasteiger partial charge in [-0.1, -0.05) is 0 Å². The Balaban J connectivity index is 0.00000243. The first kappa shape index (κ1) is 20.9. The summed E-state index contributed by atoms with van der Waals surface area (Å²) in [5.41, 5.74) is -0.271. The van der Waals surface area contributed by atoms with E-state index in [1.165, 1.54) is 6.07 Å². The molecule has 0 saturated carbocycles. The third-order valence-corrected chi connectivity index (χ3v) is 5.42. The van der Waals surface area contributed by atoms with E-state index in [1.807, 2.05) is 0 Å². The van der Waals surface area contributed by atoms with Crippen molar-refractivity contribution in [2.24, 2.45) is 0 Å². The Kier molecular flexibility index (Phi) is 6.84. The number of pyridine rings is 1. The van der Waals surface area contributed by atoms with Gasteiger partial charge in [0.25, 0.3) is 5.91 Å². The molecular formula is C16H20ClF3N4OS. The van der Waals surface area contributed by atoms with Crippen molar-refractivity contribution >= 4 is 39.9 Å². The van der Waals surface area contributed by atoms with Crippen molar-refractivity contribution in [1.82, 2.24) is 20.5 Å². The first-order chi connectivity index (χ1) is 11.9. The Bertz CT molecular complexity index is 775. The molecule has 1 aliphatic rings. The lowest BCUT2D eigenvalue weighted by molar-refractivity contribution is -0.140. The Morgan fingerprint density at radius 2 is 2.04 bits per heavy atom. The van der Waals surface area contributed by atoms with E-state index in [4.69, 9.17) is 0 Å². The molecule has 0 aliphatic carbocycles. The molecule has 0 unspecified atom stereocenters. The minimum absolute atomic E-state index is 0. The van der Waals surface area contributed by atoms with Gasteiger partial charge < -0.3 is 10.6 Å². The summed E-state index contributed by atoms with van der Waals surface area (Å²) >= 11 is 1.00. The van der Waals surface area contributed by atoms with Gasteiger partial charge in [-0.05, 0) is 24.6 Å². The molecule has 3 heterocycles. The van der Waals surface area contributed by atoms with E-state index < -0.39 is 11.9 Å². The number of nitrogens with zero attached hydrogens (tertiary/aromatic N) is 2. The maximum Gasteiger partial charge on any atom is 0.433 e.